The number of aromatic hydroxyl groups is 1. The zero-order chi connectivity index (χ0) is 10.4. The second kappa shape index (κ2) is 5.69. The Kier molecular flexibility index (Phi) is 4.51. The molecule has 0 saturated heterocycles. The zero-order valence-electron chi connectivity index (χ0n) is 9.16. The van der Waals surface area contributed by atoms with E-state index in [0.29, 0.717) is 5.75 Å². The van der Waals surface area contributed by atoms with Gasteiger partial charge in [0.05, 0.1) is 0 Å². The summed E-state index contributed by atoms with van der Waals surface area (Å²) in [5.74, 6) is 1.38. The number of rotatable bonds is 0. The zero-order valence-corrected chi connectivity index (χ0v) is 9.16. The Morgan fingerprint density at radius 1 is 1.21 bits per heavy atom. The molecule has 0 amide bonds. The van der Waals surface area contributed by atoms with Gasteiger partial charge >= 0.3 is 0 Å². The first kappa shape index (κ1) is 11.1. The van der Waals surface area contributed by atoms with Crippen molar-refractivity contribution >= 4 is 0 Å². The monoisotopic (exact) mass is 192 g/mol. The maximum absolute atomic E-state index is 8.81. The van der Waals surface area contributed by atoms with Crippen LogP contribution in [0.1, 0.15) is 38.2 Å². The summed E-state index contributed by atoms with van der Waals surface area (Å²) in [5.41, 5.74) is 1.09. The molecule has 0 radical (unpaired) electrons. The van der Waals surface area contributed by atoms with Crippen LogP contribution in [0.25, 0.3) is 0 Å². The van der Waals surface area contributed by atoms with Gasteiger partial charge in [-0.25, -0.2) is 0 Å². The van der Waals surface area contributed by atoms with Crippen molar-refractivity contribution in [2.75, 3.05) is 0 Å². The molecule has 0 aromatic heterocycles. The largest absolute Gasteiger partial charge is 0.508 e. The Labute approximate surface area is 86.8 Å². The van der Waals surface area contributed by atoms with Crippen molar-refractivity contribution in [1.82, 2.24) is 0 Å². The minimum Gasteiger partial charge on any atom is -0.508 e. The fourth-order valence-electron chi connectivity index (χ4n) is 1.76. The molecule has 0 heterocycles. The van der Waals surface area contributed by atoms with Crippen molar-refractivity contribution in [3.05, 3.63) is 29.8 Å². The highest BCUT2D eigenvalue weighted by atomic mass is 16.3. The molecule has 1 heteroatoms. The summed E-state index contributed by atoms with van der Waals surface area (Å²) >= 11 is 0. The molecule has 1 aromatic carbocycles. The molecular weight excluding hydrogens is 172 g/mol. The van der Waals surface area contributed by atoms with E-state index in [-0.39, 0.29) is 0 Å². The molecule has 1 aliphatic rings. The van der Waals surface area contributed by atoms with Gasteiger partial charge in [-0.2, -0.15) is 0 Å². The van der Waals surface area contributed by atoms with Gasteiger partial charge in [-0.05, 0) is 30.5 Å². The van der Waals surface area contributed by atoms with E-state index in [9.17, 15) is 0 Å². The molecule has 1 N–H and O–H groups in total. The van der Waals surface area contributed by atoms with Crippen LogP contribution < -0.4 is 0 Å². The average Bonchev–Trinajstić information content (AvgIpc) is 2.56. The molecule has 1 nitrogen and oxygen atoms in total. The molecule has 0 unspecified atom stereocenters. The predicted molar refractivity (Wildman–Crippen MR) is 60.5 cm³/mol. The lowest BCUT2D eigenvalue weighted by atomic mass is 10.2. The second-order valence-electron chi connectivity index (χ2n) is 4.23. The number of aryl methyl sites for hydroxylation is 1. The topological polar surface area (TPSA) is 20.2 Å². The summed E-state index contributed by atoms with van der Waals surface area (Å²) in [4.78, 5) is 0. The maximum atomic E-state index is 8.81. The molecule has 1 fully saturated rings. The highest BCUT2D eigenvalue weighted by molar-refractivity contribution is 5.25. The molecule has 1 saturated carbocycles. The molecular formula is C13H20O. The molecule has 14 heavy (non-hydrogen) atoms. The van der Waals surface area contributed by atoms with E-state index >= 15 is 0 Å². The Bertz CT molecular complexity index is 244. The Morgan fingerprint density at radius 2 is 1.86 bits per heavy atom. The van der Waals surface area contributed by atoms with Gasteiger partial charge in [0.1, 0.15) is 5.75 Å². The number of hydrogen-bond donors (Lipinski definition) is 1. The third-order valence-corrected chi connectivity index (χ3v) is 2.65. The van der Waals surface area contributed by atoms with Crippen LogP contribution in [-0.2, 0) is 0 Å². The summed E-state index contributed by atoms with van der Waals surface area (Å²) in [6, 6.07) is 7.15. The minimum absolute atomic E-state index is 0.338. The van der Waals surface area contributed by atoms with Crippen LogP contribution in [0.4, 0.5) is 0 Å². The highest BCUT2D eigenvalue weighted by Crippen LogP contribution is 2.22. The van der Waals surface area contributed by atoms with E-state index in [0.717, 1.165) is 11.5 Å². The average molecular weight is 192 g/mol. The van der Waals surface area contributed by atoms with E-state index < -0.39 is 0 Å². The van der Waals surface area contributed by atoms with Crippen LogP contribution in [0.5, 0.6) is 5.75 Å². The lowest BCUT2D eigenvalue weighted by Crippen LogP contribution is -1.78. The number of phenols is 1. The first-order chi connectivity index (χ1) is 6.68. The third kappa shape index (κ3) is 4.31. The number of hydrogen-bond acceptors (Lipinski definition) is 1. The molecule has 1 aliphatic carbocycles. The van der Waals surface area contributed by atoms with Crippen molar-refractivity contribution in [2.45, 2.75) is 39.5 Å². The van der Waals surface area contributed by atoms with Crippen molar-refractivity contribution in [1.29, 1.82) is 0 Å². The SMILES string of the molecule is CC1CCCC1.Cc1cccc(O)c1. The smallest absolute Gasteiger partial charge is 0.115 e. The number of phenolic OH excluding ortho intramolecular Hbond substituents is 1. The van der Waals surface area contributed by atoms with Crippen LogP contribution in [-0.4, -0.2) is 5.11 Å². The Morgan fingerprint density at radius 3 is 2.14 bits per heavy atom. The van der Waals surface area contributed by atoms with Gasteiger partial charge in [-0.1, -0.05) is 44.7 Å². The molecule has 2 rings (SSSR count). The summed E-state index contributed by atoms with van der Waals surface area (Å²) < 4.78 is 0. The Balaban J connectivity index is 0.000000146. The summed E-state index contributed by atoms with van der Waals surface area (Å²) in [5, 5.41) is 8.81. The fourth-order valence-corrected chi connectivity index (χ4v) is 1.76. The molecule has 1 aromatic rings. The minimum atomic E-state index is 0.338. The van der Waals surface area contributed by atoms with E-state index in [1.165, 1.54) is 25.7 Å². The summed E-state index contributed by atoms with van der Waals surface area (Å²) in [6.45, 7) is 4.28. The third-order valence-electron chi connectivity index (χ3n) is 2.65. The van der Waals surface area contributed by atoms with E-state index in [1.54, 1.807) is 12.1 Å². The van der Waals surface area contributed by atoms with Crippen LogP contribution in [0.3, 0.4) is 0 Å². The van der Waals surface area contributed by atoms with Crippen molar-refractivity contribution in [2.24, 2.45) is 5.92 Å². The first-order valence-corrected chi connectivity index (χ1v) is 5.44. The van der Waals surface area contributed by atoms with E-state index in [1.807, 2.05) is 19.1 Å². The standard InChI is InChI=1S/C7H8O.C6H12/c1-6-3-2-4-7(8)5-6;1-6-4-2-3-5-6/h2-5,8H,1H3;6H,2-5H2,1H3. The van der Waals surface area contributed by atoms with Gasteiger partial charge in [0.15, 0.2) is 0 Å². The highest BCUT2D eigenvalue weighted by Gasteiger charge is 2.07. The van der Waals surface area contributed by atoms with E-state index in [4.69, 9.17) is 5.11 Å². The van der Waals surface area contributed by atoms with Crippen LogP contribution in [0.2, 0.25) is 0 Å². The van der Waals surface area contributed by atoms with Gasteiger partial charge in [0.2, 0.25) is 0 Å². The molecule has 0 atom stereocenters. The van der Waals surface area contributed by atoms with Crippen molar-refractivity contribution in [3.63, 3.8) is 0 Å². The van der Waals surface area contributed by atoms with E-state index in [2.05, 4.69) is 6.92 Å². The lowest BCUT2D eigenvalue weighted by Gasteiger charge is -1.91. The normalized spacial score (nSPS) is 16.1. The van der Waals surface area contributed by atoms with Crippen LogP contribution in [0, 0.1) is 12.8 Å². The second-order valence-corrected chi connectivity index (χ2v) is 4.23. The van der Waals surface area contributed by atoms with Crippen molar-refractivity contribution < 1.29 is 5.11 Å². The first-order valence-electron chi connectivity index (χ1n) is 5.44. The molecule has 0 spiro atoms. The van der Waals surface area contributed by atoms with Gasteiger partial charge in [-0.15, -0.1) is 0 Å². The van der Waals surface area contributed by atoms with Gasteiger partial charge in [0.25, 0.3) is 0 Å². The molecule has 0 aliphatic heterocycles. The Hall–Kier alpha value is -0.980. The maximum Gasteiger partial charge on any atom is 0.115 e. The molecule has 0 bridgehead atoms. The van der Waals surface area contributed by atoms with Gasteiger partial charge in [-0.3, -0.25) is 0 Å². The predicted octanol–water partition coefficient (Wildman–Crippen LogP) is 3.90. The fraction of sp³-hybridized carbons (Fsp3) is 0.538. The van der Waals surface area contributed by atoms with Gasteiger partial charge in [0, 0.05) is 0 Å². The van der Waals surface area contributed by atoms with Gasteiger partial charge < -0.3 is 5.11 Å². The van der Waals surface area contributed by atoms with Crippen molar-refractivity contribution in [3.8, 4) is 5.75 Å². The number of benzene rings is 1. The lowest BCUT2D eigenvalue weighted by molar-refractivity contribution is 0.475. The summed E-state index contributed by atoms with van der Waals surface area (Å²) in [6.07, 6.45) is 5.95. The molecule has 78 valence electrons. The quantitative estimate of drug-likeness (QED) is 0.661. The van der Waals surface area contributed by atoms with Crippen LogP contribution in [0.15, 0.2) is 24.3 Å². The van der Waals surface area contributed by atoms with Crippen LogP contribution >= 0.6 is 0 Å². The summed E-state index contributed by atoms with van der Waals surface area (Å²) in [7, 11) is 0.